The second-order valence-corrected chi connectivity index (χ2v) is 4.32. The molecular formula is C10H8BrF2NO2. The number of rotatable bonds is 1. The van der Waals surface area contributed by atoms with Crippen molar-refractivity contribution < 1.29 is 18.3 Å². The van der Waals surface area contributed by atoms with Gasteiger partial charge in [-0.2, -0.15) is 0 Å². The molecule has 1 aromatic carbocycles. The van der Waals surface area contributed by atoms with E-state index >= 15 is 0 Å². The minimum Gasteiger partial charge on any atom is -0.449 e. The van der Waals surface area contributed by atoms with E-state index in [0.29, 0.717) is 10.9 Å². The molecule has 1 aliphatic rings. The number of nitrogens with one attached hydrogen (secondary N) is 1. The van der Waals surface area contributed by atoms with Crippen LogP contribution in [0.1, 0.15) is 18.0 Å². The number of carbonyl (C=O) groups is 1. The fraction of sp³-hybridized carbons (Fsp3) is 0.300. The van der Waals surface area contributed by atoms with E-state index < -0.39 is 23.8 Å². The first-order valence-corrected chi connectivity index (χ1v) is 5.45. The molecule has 1 aromatic rings. The second kappa shape index (κ2) is 4.37. The molecule has 0 bridgehead atoms. The maximum Gasteiger partial charge on any atom is 0.407 e. The molecule has 1 atom stereocenters. The number of cyclic esters (lactones) is 1. The summed E-state index contributed by atoms with van der Waals surface area (Å²) in [6.45, 7) is 0.158. The lowest BCUT2D eigenvalue weighted by atomic mass is 10.0. The molecule has 0 aliphatic carbocycles. The van der Waals surface area contributed by atoms with Crippen molar-refractivity contribution in [1.29, 1.82) is 0 Å². The first-order valence-electron chi connectivity index (χ1n) is 4.65. The molecule has 16 heavy (non-hydrogen) atoms. The Morgan fingerprint density at radius 2 is 2.00 bits per heavy atom. The van der Waals surface area contributed by atoms with E-state index in [4.69, 9.17) is 0 Å². The third-order valence-corrected chi connectivity index (χ3v) is 2.78. The van der Waals surface area contributed by atoms with Gasteiger partial charge < -0.3 is 10.1 Å². The zero-order valence-electron chi connectivity index (χ0n) is 8.10. The van der Waals surface area contributed by atoms with Crippen molar-refractivity contribution in [3.8, 4) is 0 Å². The first-order chi connectivity index (χ1) is 7.58. The zero-order chi connectivity index (χ0) is 11.7. The van der Waals surface area contributed by atoms with Gasteiger partial charge in [0.2, 0.25) is 0 Å². The standard InChI is InChI=1S/C10H8BrF2NO2/c11-5-3-6(12)9(7(13)4-5)8-1-2-16-10(15)14-8/h3-4,8H,1-2H2,(H,14,15)/t8-/m0/s1. The summed E-state index contributed by atoms with van der Waals surface area (Å²) in [7, 11) is 0. The lowest BCUT2D eigenvalue weighted by molar-refractivity contribution is 0.114. The molecule has 6 heteroatoms. The van der Waals surface area contributed by atoms with Crippen molar-refractivity contribution in [3.05, 3.63) is 33.8 Å². The number of amides is 1. The summed E-state index contributed by atoms with van der Waals surface area (Å²) in [5, 5.41) is 2.38. The van der Waals surface area contributed by atoms with Gasteiger partial charge in [-0.1, -0.05) is 15.9 Å². The topological polar surface area (TPSA) is 38.3 Å². The summed E-state index contributed by atoms with van der Waals surface area (Å²) in [6.07, 6.45) is -0.306. The monoisotopic (exact) mass is 291 g/mol. The van der Waals surface area contributed by atoms with E-state index in [9.17, 15) is 13.6 Å². The highest BCUT2D eigenvalue weighted by Crippen LogP contribution is 2.28. The van der Waals surface area contributed by atoms with E-state index in [0.717, 1.165) is 0 Å². The fourth-order valence-electron chi connectivity index (χ4n) is 1.63. The van der Waals surface area contributed by atoms with Crippen LogP contribution in [0.2, 0.25) is 0 Å². The maximum absolute atomic E-state index is 13.6. The van der Waals surface area contributed by atoms with Crippen LogP contribution in [0.25, 0.3) is 0 Å². The van der Waals surface area contributed by atoms with Crippen LogP contribution >= 0.6 is 15.9 Å². The number of carbonyl (C=O) groups excluding carboxylic acids is 1. The largest absolute Gasteiger partial charge is 0.449 e. The molecule has 0 spiro atoms. The predicted molar refractivity (Wildman–Crippen MR) is 55.9 cm³/mol. The van der Waals surface area contributed by atoms with Crippen LogP contribution in [0.3, 0.4) is 0 Å². The Kier molecular flexibility index (Phi) is 3.09. The van der Waals surface area contributed by atoms with Gasteiger partial charge in [0.1, 0.15) is 11.6 Å². The van der Waals surface area contributed by atoms with Gasteiger partial charge in [-0.05, 0) is 12.1 Å². The maximum atomic E-state index is 13.6. The SMILES string of the molecule is O=C1N[C@H](c2c(F)cc(Br)cc2F)CCO1. The van der Waals surface area contributed by atoms with Gasteiger partial charge in [0.25, 0.3) is 0 Å². The lowest BCUT2D eigenvalue weighted by Gasteiger charge is -2.24. The van der Waals surface area contributed by atoms with Crippen molar-refractivity contribution in [1.82, 2.24) is 5.32 Å². The Bertz CT molecular complexity index is 416. The van der Waals surface area contributed by atoms with Crippen molar-refractivity contribution in [2.75, 3.05) is 6.61 Å². The summed E-state index contributed by atoms with van der Waals surface area (Å²) in [4.78, 5) is 10.9. The first kappa shape index (κ1) is 11.3. The molecule has 1 fully saturated rings. The highest BCUT2D eigenvalue weighted by atomic mass is 79.9. The summed E-state index contributed by atoms with van der Waals surface area (Å²) in [6, 6.07) is 1.66. The number of hydrogen-bond donors (Lipinski definition) is 1. The number of alkyl carbamates (subject to hydrolysis) is 1. The minimum absolute atomic E-state index is 0.125. The van der Waals surface area contributed by atoms with Gasteiger partial charge in [-0.15, -0.1) is 0 Å². The van der Waals surface area contributed by atoms with E-state index in [1.54, 1.807) is 0 Å². The number of benzene rings is 1. The van der Waals surface area contributed by atoms with Crippen LogP contribution in [0, 0.1) is 11.6 Å². The lowest BCUT2D eigenvalue weighted by Crippen LogP contribution is -2.36. The van der Waals surface area contributed by atoms with Crippen LogP contribution < -0.4 is 5.32 Å². The third kappa shape index (κ3) is 2.16. The van der Waals surface area contributed by atoms with E-state index in [1.165, 1.54) is 12.1 Å². The summed E-state index contributed by atoms with van der Waals surface area (Å²) < 4.78 is 32.1. The number of hydrogen-bond acceptors (Lipinski definition) is 2. The van der Waals surface area contributed by atoms with Crippen LogP contribution in [0.15, 0.2) is 16.6 Å². The van der Waals surface area contributed by atoms with Gasteiger partial charge in [0, 0.05) is 16.5 Å². The van der Waals surface area contributed by atoms with Gasteiger partial charge in [0.15, 0.2) is 0 Å². The molecule has 2 rings (SSSR count). The van der Waals surface area contributed by atoms with Crippen molar-refractivity contribution in [3.63, 3.8) is 0 Å². The van der Waals surface area contributed by atoms with Gasteiger partial charge >= 0.3 is 6.09 Å². The molecule has 3 nitrogen and oxygen atoms in total. The molecule has 1 amide bonds. The second-order valence-electron chi connectivity index (χ2n) is 3.40. The predicted octanol–water partition coefficient (Wildman–Crippen LogP) is 2.90. The molecule has 86 valence electrons. The summed E-state index contributed by atoms with van der Waals surface area (Å²) in [5.74, 6) is -1.36. The highest BCUT2D eigenvalue weighted by Gasteiger charge is 2.26. The molecule has 0 unspecified atom stereocenters. The van der Waals surface area contributed by atoms with Crippen molar-refractivity contribution >= 4 is 22.0 Å². The van der Waals surface area contributed by atoms with Crippen LogP contribution in [0.5, 0.6) is 0 Å². The zero-order valence-corrected chi connectivity index (χ0v) is 9.68. The summed E-state index contributed by atoms with van der Waals surface area (Å²) in [5.41, 5.74) is -0.125. The molecule has 1 saturated heterocycles. The van der Waals surface area contributed by atoms with E-state index in [-0.39, 0.29) is 12.2 Å². The van der Waals surface area contributed by atoms with Crippen LogP contribution in [-0.2, 0) is 4.74 Å². The van der Waals surface area contributed by atoms with E-state index in [1.807, 2.05) is 0 Å². The van der Waals surface area contributed by atoms with Gasteiger partial charge in [-0.25, -0.2) is 13.6 Å². The van der Waals surface area contributed by atoms with Gasteiger partial charge in [-0.3, -0.25) is 0 Å². The molecule has 1 aliphatic heterocycles. The molecule has 0 radical (unpaired) electrons. The quantitative estimate of drug-likeness (QED) is 0.864. The highest BCUT2D eigenvalue weighted by molar-refractivity contribution is 9.10. The van der Waals surface area contributed by atoms with Crippen molar-refractivity contribution in [2.45, 2.75) is 12.5 Å². The van der Waals surface area contributed by atoms with E-state index in [2.05, 4.69) is 26.0 Å². The molecule has 0 aromatic heterocycles. The number of ether oxygens (including phenoxy) is 1. The molecule has 1 heterocycles. The van der Waals surface area contributed by atoms with Crippen molar-refractivity contribution in [2.24, 2.45) is 0 Å². The normalized spacial score (nSPS) is 20.2. The smallest absolute Gasteiger partial charge is 0.407 e. The van der Waals surface area contributed by atoms with Crippen LogP contribution in [0.4, 0.5) is 13.6 Å². The Hall–Kier alpha value is -1.17. The summed E-state index contributed by atoms with van der Waals surface area (Å²) >= 11 is 2.99. The Labute approximate surface area is 98.9 Å². The molecule has 1 N–H and O–H groups in total. The molecule has 0 saturated carbocycles. The fourth-order valence-corrected chi connectivity index (χ4v) is 2.03. The van der Waals surface area contributed by atoms with Gasteiger partial charge in [0.05, 0.1) is 12.6 Å². The number of halogens is 3. The Morgan fingerprint density at radius 3 is 2.56 bits per heavy atom. The average molecular weight is 292 g/mol. The van der Waals surface area contributed by atoms with Crippen LogP contribution in [-0.4, -0.2) is 12.7 Å². The minimum atomic E-state index is -0.681. The average Bonchev–Trinajstić information content (AvgIpc) is 2.15. The Balaban J connectivity index is 2.35. The Morgan fingerprint density at radius 1 is 1.38 bits per heavy atom. The molecular weight excluding hydrogens is 284 g/mol. The third-order valence-electron chi connectivity index (χ3n) is 2.32.